The summed E-state index contributed by atoms with van der Waals surface area (Å²) in [4.78, 5) is 61.2. The Hall–Kier alpha value is 1.26. The van der Waals surface area contributed by atoms with Crippen LogP contribution < -0.4 is 149 Å². The summed E-state index contributed by atoms with van der Waals surface area (Å²) in [6.07, 6.45) is 0. The summed E-state index contributed by atoms with van der Waals surface area (Å²) < 4.78 is 0. The van der Waals surface area contributed by atoms with Crippen molar-refractivity contribution in [2.75, 3.05) is 39.3 Å². The number of carboxylic acids is 6. The number of carbonyl (C=O) groups excluding carboxylic acids is 6. The fourth-order valence-electron chi connectivity index (χ4n) is 1.43. The zero-order valence-electron chi connectivity index (χ0n) is 17.4. The molecule has 0 aromatic heterocycles. The van der Waals surface area contributed by atoms with E-state index in [0.29, 0.717) is 9.80 Å². The van der Waals surface area contributed by atoms with E-state index in [2.05, 4.69) is 0 Å². The van der Waals surface area contributed by atoms with Crippen LogP contribution >= 0.6 is 0 Å². The minimum absolute atomic E-state index is 0. The third-order valence-corrected chi connectivity index (χ3v) is 2.12. The predicted octanol–water partition coefficient (Wildman–Crippen LogP) is -22.9. The summed E-state index contributed by atoms with van der Waals surface area (Å²) in [7, 11) is 0. The van der Waals surface area contributed by atoms with Crippen molar-refractivity contribution >= 4 is 35.8 Å². The molecular weight excluding hydrogens is 512 g/mol. The maximum atomic E-state index is 9.99. The number of nitrogens with zero attached hydrogens (tertiary/aromatic N) is 2. The average Bonchev–Trinajstić information content (AvgIpc) is 2.33. The van der Waals surface area contributed by atoms with Crippen molar-refractivity contribution in [3.63, 3.8) is 0 Å². The smallest absolute Gasteiger partial charge is 0.549 e. The van der Waals surface area contributed by atoms with E-state index in [9.17, 15) is 59.4 Å². The molecule has 0 N–H and O–H groups in total. The van der Waals surface area contributed by atoms with Crippen LogP contribution in [0.2, 0.25) is 0 Å². The van der Waals surface area contributed by atoms with Crippen LogP contribution in [0.4, 0.5) is 0 Å². The van der Waals surface area contributed by atoms with Crippen LogP contribution in [0.15, 0.2) is 0 Å². The predicted molar refractivity (Wildman–Crippen MR) is 62.9 cm³/mol. The molecule has 0 amide bonds. The standard InChI is InChI=1S/2C6H9NO6.Fe.4Na/c2*8-4(9)1-7(2-5(10)11)3-6(12)13;;;;;/h2*1-3H2,(H,8,9)(H,10,11)(H,12,13);;;;;/q;;+2;4*+1/p-6. The van der Waals surface area contributed by atoms with E-state index in [-0.39, 0.29) is 135 Å². The zero-order chi connectivity index (χ0) is 20.9. The van der Waals surface area contributed by atoms with Gasteiger partial charge in [-0.3, -0.25) is 9.80 Å². The molecule has 14 nitrogen and oxygen atoms in total. The van der Waals surface area contributed by atoms with Crippen molar-refractivity contribution in [3.8, 4) is 0 Å². The molecule has 0 heterocycles. The minimum atomic E-state index is -1.57. The van der Waals surface area contributed by atoms with Gasteiger partial charge in [-0.15, -0.1) is 0 Å². The fraction of sp³-hybridized carbons (Fsp3) is 0.500. The number of rotatable bonds is 12. The van der Waals surface area contributed by atoms with Crippen molar-refractivity contribution in [1.82, 2.24) is 9.80 Å². The molecule has 154 valence electrons. The Morgan fingerprint density at radius 3 is 0.548 bits per heavy atom. The van der Waals surface area contributed by atoms with Crippen molar-refractivity contribution in [2.45, 2.75) is 0 Å². The summed E-state index contributed by atoms with van der Waals surface area (Å²) in [6, 6.07) is 0. The first kappa shape index (κ1) is 49.4. The number of carbonyl (C=O) groups is 6. The largest absolute Gasteiger partial charge is 2.00 e. The van der Waals surface area contributed by atoms with Gasteiger partial charge in [0.25, 0.3) is 0 Å². The first-order valence-electron chi connectivity index (χ1n) is 6.47. The quantitative estimate of drug-likeness (QED) is 0.215. The van der Waals surface area contributed by atoms with Crippen molar-refractivity contribution in [1.29, 1.82) is 0 Å². The van der Waals surface area contributed by atoms with Crippen LogP contribution in [0.25, 0.3) is 0 Å². The molecule has 0 aliphatic rings. The average molecular weight is 524 g/mol. The third kappa shape index (κ3) is 41.9. The Bertz CT molecular complexity index is 446. The van der Waals surface area contributed by atoms with Gasteiger partial charge >= 0.3 is 135 Å². The molecule has 0 aliphatic heterocycles. The molecular formula is C12H12FeN2Na4O12. The Labute approximate surface area is 275 Å². The molecule has 31 heavy (non-hydrogen) atoms. The van der Waals surface area contributed by atoms with Gasteiger partial charge in [0.1, 0.15) is 0 Å². The first-order valence-corrected chi connectivity index (χ1v) is 6.47. The molecule has 0 aromatic rings. The monoisotopic (exact) mass is 524 g/mol. The van der Waals surface area contributed by atoms with Gasteiger partial charge < -0.3 is 59.4 Å². The van der Waals surface area contributed by atoms with Crippen LogP contribution in [0, 0.1) is 0 Å². The number of carboxylic acid groups (broad SMARTS) is 6. The summed E-state index contributed by atoms with van der Waals surface area (Å²) in [6.45, 7) is -4.74. The van der Waals surface area contributed by atoms with Gasteiger partial charge in [-0.1, -0.05) is 0 Å². The van der Waals surface area contributed by atoms with E-state index in [1.807, 2.05) is 0 Å². The normalized spacial score (nSPS) is 8.32. The SMILES string of the molecule is O=C([O-])CN(CC(=O)[O-])CC(=O)[O-].O=C([O-])CN(CC(=O)[O-])CC(=O)[O-].[Fe+2].[Na+].[Na+].[Na+].[Na+]. The van der Waals surface area contributed by atoms with E-state index in [1.54, 1.807) is 0 Å². The third-order valence-electron chi connectivity index (χ3n) is 2.12. The van der Waals surface area contributed by atoms with Crippen molar-refractivity contribution in [2.24, 2.45) is 0 Å². The molecule has 0 aliphatic carbocycles. The van der Waals surface area contributed by atoms with Gasteiger partial charge in [0, 0.05) is 39.3 Å². The first-order chi connectivity index (χ1) is 11.8. The fourth-order valence-corrected chi connectivity index (χ4v) is 1.43. The zero-order valence-corrected chi connectivity index (χ0v) is 26.5. The Kier molecular flexibility index (Phi) is 46.7. The van der Waals surface area contributed by atoms with Gasteiger partial charge in [0.2, 0.25) is 0 Å². The summed E-state index contributed by atoms with van der Waals surface area (Å²) >= 11 is 0. The molecule has 0 aromatic carbocycles. The Morgan fingerprint density at radius 2 is 0.484 bits per heavy atom. The van der Waals surface area contributed by atoms with Gasteiger partial charge in [0.05, 0.1) is 35.8 Å². The number of hydrogen-bond donors (Lipinski definition) is 0. The van der Waals surface area contributed by atoms with E-state index < -0.39 is 75.1 Å². The molecule has 19 heteroatoms. The molecule has 0 fully saturated rings. The minimum Gasteiger partial charge on any atom is -0.549 e. The van der Waals surface area contributed by atoms with Crippen LogP contribution in [0.3, 0.4) is 0 Å². The van der Waals surface area contributed by atoms with Crippen LogP contribution in [-0.2, 0) is 45.8 Å². The number of aliphatic carboxylic acids is 6. The molecule has 0 saturated heterocycles. The van der Waals surface area contributed by atoms with E-state index in [4.69, 9.17) is 0 Å². The summed E-state index contributed by atoms with van der Waals surface area (Å²) in [5.41, 5.74) is 0. The summed E-state index contributed by atoms with van der Waals surface area (Å²) in [5.74, 6) is -9.40. The topological polar surface area (TPSA) is 247 Å². The second-order valence-electron chi connectivity index (χ2n) is 4.52. The van der Waals surface area contributed by atoms with E-state index in [0.717, 1.165) is 0 Å². The van der Waals surface area contributed by atoms with E-state index in [1.165, 1.54) is 0 Å². The van der Waals surface area contributed by atoms with Gasteiger partial charge in [-0.05, 0) is 0 Å². The maximum absolute atomic E-state index is 9.99. The molecule has 0 saturated carbocycles. The molecule has 0 unspecified atom stereocenters. The van der Waals surface area contributed by atoms with Crippen molar-refractivity contribution in [3.05, 3.63) is 0 Å². The van der Waals surface area contributed by atoms with Gasteiger partial charge in [-0.2, -0.15) is 0 Å². The second-order valence-corrected chi connectivity index (χ2v) is 4.52. The summed E-state index contributed by atoms with van der Waals surface area (Å²) in [5, 5.41) is 60.0. The van der Waals surface area contributed by atoms with Crippen LogP contribution in [0.5, 0.6) is 0 Å². The van der Waals surface area contributed by atoms with Gasteiger partial charge in [0.15, 0.2) is 0 Å². The van der Waals surface area contributed by atoms with Crippen LogP contribution in [0.1, 0.15) is 0 Å². The Balaban J connectivity index is -0.0000000640. The molecule has 0 spiro atoms. The van der Waals surface area contributed by atoms with Crippen LogP contribution in [-0.4, -0.2) is 84.9 Å². The second kappa shape index (κ2) is 29.3. The Morgan fingerprint density at radius 1 is 0.387 bits per heavy atom. The molecule has 0 rings (SSSR count). The number of hydrogen-bond acceptors (Lipinski definition) is 14. The van der Waals surface area contributed by atoms with Gasteiger partial charge in [-0.25, -0.2) is 0 Å². The van der Waals surface area contributed by atoms with Crippen molar-refractivity contribution < 1.29 is 195 Å². The maximum Gasteiger partial charge on any atom is 2.00 e. The van der Waals surface area contributed by atoms with E-state index >= 15 is 0 Å². The molecule has 0 atom stereocenters. The molecule has 0 radical (unpaired) electrons. The molecule has 0 bridgehead atoms.